The summed E-state index contributed by atoms with van der Waals surface area (Å²) in [5, 5.41) is 3.30. The summed E-state index contributed by atoms with van der Waals surface area (Å²) in [7, 11) is 3.51. The maximum absolute atomic E-state index is 13.0. The van der Waals surface area contributed by atoms with E-state index in [1.807, 2.05) is 18.9 Å². The van der Waals surface area contributed by atoms with Crippen LogP contribution in [0.15, 0.2) is 36.8 Å². The van der Waals surface area contributed by atoms with Crippen LogP contribution in [0.5, 0.6) is 0 Å². The molecule has 1 unspecified atom stereocenters. The average molecular weight is 367 g/mol. The number of ketones is 1. The molecule has 27 heavy (non-hydrogen) atoms. The Hall–Kier alpha value is -3.26. The minimum Gasteiger partial charge on any atom is -0.383 e. The molecule has 0 saturated carbocycles. The largest absolute Gasteiger partial charge is 0.383 e. The summed E-state index contributed by atoms with van der Waals surface area (Å²) in [5.41, 5.74) is 2.54. The minimum atomic E-state index is -0.221. The standard InChI is InChI=1S/C19H21N5O3/c1-12(10-27-3)24(2)17-15(23-11-25)9-22-19-16(17)13(8-21-19)18(26)14-6-4-5-7-20-14/h4-9,11-12H,10H2,1-3H3,(H,21,22)(H,23,25). The fraction of sp³-hybridized carbons (Fsp3) is 0.263. The number of hydrogen-bond acceptors (Lipinski definition) is 6. The van der Waals surface area contributed by atoms with E-state index in [0.29, 0.717) is 46.7 Å². The van der Waals surface area contributed by atoms with Crippen LogP contribution in [0, 0.1) is 0 Å². The van der Waals surface area contributed by atoms with Crippen molar-refractivity contribution in [3.63, 3.8) is 0 Å². The van der Waals surface area contributed by atoms with Crippen molar-refractivity contribution in [1.82, 2.24) is 15.0 Å². The lowest BCUT2D eigenvalue weighted by atomic mass is 10.0. The van der Waals surface area contributed by atoms with Crippen LogP contribution in [0.4, 0.5) is 11.4 Å². The number of nitrogens with one attached hydrogen (secondary N) is 2. The second-order valence-electron chi connectivity index (χ2n) is 6.17. The molecule has 0 aromatic carbocycles. The monoisotopic (exact) mass is 367 g/mol. The highest BCUT2D eigenvalue weighted by Crippen LogP contribution is 2.36. The molecule has 3 rings (SSSR count). The lowest BCUT2D eigenvalue weighted by molar-refractivity contribution is -0.105. The number of pyridine rings is 2. The van der Waals surface area contributed by atoms with Gasteiger partial charge >= 0.3 is 0 Å². The zero-order chi connectivity index (χ0) is 19.4. The summed E-state index contributed by atoms with van der Waals surface area (Å²) < 4.78 is 5.25. The Morgan fingerprint density at radius 1 is 1.41 bits per heavy atom. The molecule has 0 aliphatic heterocycles. The van der Waals surface area contributed by atoms with Crippen LogP contribution in [0.1, 0.15) is 23.0 Å². The highest BCUT2D eigenvalue weighted by molar-refractivity contribution is 6.19. The van der Waals surface area contributed by atoms with Crippen LogP contribution in [-0.4, -0.2) is 54.0 Å². The molecule has 1 amide bonds. The molecule has 0 spiro atoms. The van der Waals surface area contributed by atoms with Crippen LogP contribution in [0.3, 0.4) is 0 Å². The van der Waals surface area contributed by atoms with E-state index >= 15 is 0 Å². The summed E-state index contributed by atoms with van der Waals surface area (Å²) in [4.78, 5) is 37.6. The highest BCUT2D eigenvalue weighted by atomic mass is 16.5. The zero-order valence-corrected chi connectivity index (χ0v) is 15.4. The smallest absolute Gasteiger partial charge is 0.213 e. The predicted molar refractivity (Wildman–Crippen MR) is 103 cm³/mol. The quantitative estimate of drug-likeness (QED) is 0.468. The number of ether oxygens (including phenoxy) is 1. The van der Waals surface area contributed by atoms with Gasteiger partial charge in [-0.1, -0.05) is 6.07 Å². The number of fused-ring (bicyclic) bond motifs is 1. The number of aromatic amines is 1. The number of amides is 1. The van der Waals surface area contributed by atoms with Gasteiger partial charge < -0.3 is 19.9 Å². The highest BCUT2D eigenvalue weighted by Gasteiger charge is 2.24. The molecule has 0 fully saturated rings. The van der Waals surface area contributed by atoms with Crippen molar-refractivity contribution >= 4 is 34.6 Å². The third-order valence-electron chi connectivity index (χ3n) is 4.45. The Bertz CT molecular complexity index is 955. The van der Waals surface area contributed by atoms with E-state index in [-0.39, 0.29) is 11.8 Å². The predicted octanol–water partition coefficient (Wildman–Crippen LogP) is 2.23. The molecule has 2 N–H and O–H groups in total. The second-order valence-corrected chi connectivity index (χ2v) is 6.17. The summed E-state index contributed by atoms with van der Waals surface area (Å²) >= 11 is 0. The van der Waals surface area contributed by atoms with Gasteiger partial charge in [0.25, 0.3) is 0 Å². The number of nitrogens with zero attached hydrogens (tertiary/aromatic N) is 3. The van der Waals surface area contributed by atoms with Crippen molar-refractivity contribution in [2.75, 3.05) is 31.0 Å². The number of anilines is 2. The number of likely N-dealkylation sites (N-methyl/N-ethyl adjacent to an activating group) is 1. The molecule has 8 nitrogen and oxygen atoms in total. The fourth-order valence-electron chi connectivity index (χ4n) is 3.00. The van der Waals surface area contributed by atoms with Gasteiger partial charge in [0.15, 0.2) is 0 Å². The first-order valence-electron chi connectivity index (χ1n) is 8.46. The normalized spacial score (nSPS) is 12.0. The van der Waals surface area contributed by atoms with Crippen molar-refractivity contribution in [1.29, 1.82) is 0 Å². The number of methoxy groups -OCH3 is 1. The Morgan fingerprint density at radius 2 is 2.22 bits per heavy atom. The average Bonchev–Trinajstić information content (AvgIpc) is 3.12. The van der Waals surface area contributed by atoms with E-state index in [0.717, 1.165) is 0 Å². The van der Waals surface area contributed by atoms with Gasteiger partial charge in [0, 0.05) is 32.6 Å². The van der Waals surface area contributed by atoms with Crippen LogP contribution in [0.2, 0.25) is 0 Å². The van der Waals surface area contributed by atoms with Crippen molar-refractivity contribution in [3.05, 3.63) is 48.0 Å². The Morgan fingerprint density at radius 3 is 2.89 bits per heavy atom. The number of carbonyl (C=O) groups is 2. The second kappa shape index (κ2) is 7.96. The molecule has 140 valence electrons. The molecule has 0 radical (unpaired) electrons. The first-order chi connectivity index (χ1) is 13.1. The summed E-state index contributed by atoms with van der Waals surface area (Å²) in [6.07, 6.45) is 5.35. The first kappa shape index (κ1) is 18.5. The van der Waals surface area contributed by atoms with Gasteiger partial charge in [0.05, 0.1) is 35.1 Å². The third kappa shape index (κ3) is 3.52. The maximum atomic E-state index is 13.0. The van der Waals surface area contributed by atoms with Gasteiger partial charge in [-0.15, -0.1) is 0 Å². The van der Waals surface area contributed by atoms with E-state index in [1.54, 1.807) is 43.9 Å². The van der Waals surface area contributed by atoms with Gasteiger partial charge in [-0.2, -0.15) is 0 Å². The molecule has 0 aliphatic carbocycles. The van der Waals surface area contributed by atoms with Gasteiger partial charge in [-0.05, 0) is 19.1 Å². The van der Waals surface area contributed by atoms with Gasteiger partial charge in [-0.3, -0.25) is 14.6 Å². The molecule has 1 atom stereocenters. The van der Waals surface area contributed by atoms with Crippen molar-refractivity contribution in [2.24, 2.45) is 0 Å². The third-order valence-corrected chi connectivity index (χ3v) is 4.45. The number of H-pyrrole nitrogens is 1. The Balaban J connectivity index is 2.21. The lowest BCUT2D eigenvalue weighted by Crippen LogP contribution is -2.33. The van der Waals surface area contributed by atoms with E-state index in [4.69, 9.17) is 4.74 Å². The topological polar surface area (TPSA) is 100 Å². The zero-order valence-electron chi connectivity index (χ0n) is 15.4. The lowest BCUT2D eigenvalue weighted by Gasteiger charge is -2.29. The van der Waals surface area contributed by atoms with Gasteiger partial charge in [-0.25, -0.2) is 4.98 Å². The number of aromatic nitrogens is 3. The molecule has 3 aromatic heterocycles. The van der Waals surface area contributed by atoms with Gasteiger partial charge in [0.1, 0.15) is 11.3 Å². The summed E-state index contributed by atoms with van der Waals surface area (Å²) in [5.74, 6) is -0.221. The van der Waals surface area contributed by atoms with Crippen LogP contribution < -0.4 is 10.2 Å². The molecule has 0 bridgehead atoms. The molecule has 3 aromatic rings. The van der Waals surface area contributed by atoms with E-state index in [9.17, 15) is 9.59 Å². The van der Waals surface area contributed by atoms with Crippen molar-refractivity contribution in [2.45, 2.75) is 13.0 Å². The minimum absolute atomic E-state index is 0.000467. The molecule has 0 aliphatic rings. The molecule has 8 heteroatoms. The van der Waals surface area contributed by atoms with Crippen LogP contribution >= 0.6 is 0 Å². The number of carbonyl (C=O) groups excluding carboxylic acids is 2. The number of hydrogen-bond donors (Lipinski definition) is 2. The number of rotatable bonds is 8. The van der Waals surface area contributed by atoms with E-state index in [2.05, 4.69) is 20.3 Å². The maximum Gasteiger partial charge on any atom is 0.213 e. The Kier molecular flexibility index (Phi) is 5.46. The van der Waals surface area contributed by atoms with E-state index < -0.39 is 0 Å². The Labute approximate surface area is 156 Å². The molecule has 0 saturated heterocycles. The SMILES string of the molecule is COCC(C)N(C)c1c(NC=O)cnc2[nH]cc(C(=O)c3ccccn3)c12. The molecular formula is C19H21N5O3. The van der Waals surface area contributed by atoms with E-state index in [1.165, 1.54) is 0 Å². The molecular weight excluding hydrogens is 346 g/mol. The van der Waals surface area contributed by atoms with Crippen molar-refractivity contribution in [3.8, 4) is 0 Å². The van der Waals surface area contributed by atoms with Crippen LogP contribution in [-0.2, 0) is 9.53 Å². The van der Waals surface area contributed by atoms with Gasteiger partial charge in [0.2, 0.25) is 12.2 Å². The fourth-order valence-corrected chi connectivity index (χ4v) is 3.00. The molecule has 3 heterocycles. The summed E-state index contributed by atoms with van der Waals surface area (Å²) in [6.45, 7) is 2.47. The first-order valence-corrected chi connectivity index (χ1v) is 8.46. The summed E-state index contributed by atoms with van der Waals surface area (Å²) in [6, 6.07) is 5.19. The van der Waals surface area contributed by atoms with Crippen molar-refractivity contribution < 1.29 is 14.3 Å². The van der Waals surface area contributed by atoms with Crippen LogP contribution in [0.25, 0.3) is 11.0 Å².